The molecule has 0 aliphatic carbocycles. The van der Waals surface area contributed by atoms with E-state index in [0.717, 1.165) is 17.7 Å². The van der Waals surface area contributed by atoms with Gasteiger partial charge in [0.1, 0.15) is 12.2 Å². The van der Waals surface area contributed by atoms with Gasteiger partial charge in [-0.05, 0) is 25.0 Å². The van der Waals surface area contributed by atoms with E-state index in [4.69, 9.17) is 9.47 Å². The molecule has 1 amide bonds. The predicted octanol–water partition coefficient (Wildman–Crippen LogP) is 0.682. The van der Waals surface area contributed by atoms with Gasteiger partial charge in [0, 0.05) is 32.3 Å². The summed E-state index contributed by atoms with van der Waals surface area (Å²) in [6.07, 6.45) is 2.02. The quantitative estimate of drug-likeness (QED) is 0.629. The molecule has 5 atom stereocenters. The number of aliphatic hydroxyl groups excluding tert-OH is 1. The van der Waals surface area contributed by atoms with Crippen LogP contribution in [0.1, 0.15) is 37.4 Å². The predicted molar refractivity (Wildman–Crippen MR) is 96.5 cm³/mol. The summed E-state index contributed by atoms with van der Waals surface area (Å²) < 4.78 is 11.9. The van der Waals surface area contributed by atoms with E-state index in [9.17, 15) is 9.90 Å². The monoisotopic (exact) mass is 363 g/mol. The zero-order valence-electron chi connectivity index (χ0n) is 15.5. The van der Waals surface area contributed by atoms with E-state index in [2.05, 4.69) is 15.6 Å². The Morgan fingerprint density at radius 3 is 3.00 bits per heavy atom. The van der Waals surface area contributed by atoms with Crippen molar-refractivity contribution in [3.05, 3.63) is 29.6 Å². The van der Waals surface area contributed by atoms with Crippen LogP contribution in [0.5, 0.6) is 0 Å². The summed E-state index contributed by atoms with van der Waals surface area (Å²) in [6.45, 7) is 5.90. The Kier molecular flexibility index (Phi) is 6.58. The van der Waals surface area contributed by atoms with Crippen molar-refractivity contribution >= 4 is 5.91 Å². The molecule has 3 N–H and O–H groups in total. The van der Waals surface area contributed by atoms with Crippen LogP contribution in [-0.2, 0) is 20.8 Å². The lowest BCUT2D eigenvalue weighted by Gasteiger charge is -2.20. The number of hydrogen-bond acceptors (Lipinski definition) is 6. The highest BCUT2D eigenvalue weighted by molar-refractivity contribution is 5.76. The number of rotatable bonds is 8. The summed E-state index contributed by atoms with van der Waals surface area (Å²) in [7, 11) is 0. The Morgan fingerprint density at radius 2 is 2.27 bits per heavy atom. The van der Waals surface area contributed by atoms with Crippen molar-refractivity contribution in [3.63, 3.8) is 0 Å². The van der Waals surface area contributed by atoms with E-state index in [0.29, 0.717) is 32.5 Å². The van der Waals surface area contributed by atoms with Crippen molar-refractivity contribution in [2.24, 2.45) is 0 Å². The minimum absolute atomic E-state index is 0.00439. The highest BCUT2D eigenvalue weighted by Gasteiger charge is 2.50. The number of aryl methyl sites for hydroxylation is 1. The molecule has 1 aromatic heterocycles. The van der Waals surface area contributed by atoms with Crippen LogP contribution in [0.25, 0.3) is 0 Å². The van der Waals surface area contributed by atoms with E-state index in [1.807, 2.05) is 26.0 Å². The molecule has 0 aromatic carbocycles. The highest BCUT2D eigenvalue weighted by atomic mass is 16.6. The van der Waals surface area contributed by atoms with Gasteiger partial charge >= 0.3 is 0 Å². The van der Waals surface area contributed by atoms with E-state index >= 15 is 0 Å². The molecule has 1 aromatic rings. The van der Waals surface area contributed by atoms with Gasteiger partial charge in [-0.3, -0.25) is 9.78 Å². The van der Waals surface area contributed by atoms with Crippen LogP contribution in [0, 0.1) is 6.92 Å². The second-order valence-corrected chi connectivity index (χ2v) is 7.11. The van der Waals surface area contributed by atoms with Gasteiger partial charge in [-0.25, -0.2) is 0 Å². The topological polar surface area (TPSA) is 92.7 Å². The SMILES string of the molecule is CCCNC(=O)C[C@@H]1C[C@H]2O[C@H](CNCc3ncccc3C)[C@@H](O)[C@H]2O1. The molecule has 2 saturated heterocycles. The Balaban J connectivity index is 1.42. The van der Waals surface area contributed by atoms with Crippen LogP contribution in [0.3, 0.4) is 0 Å². The van der Waals surface area contributed by atoms with E-state index in [-0.39, 0.29) is 30.3 Å². The summed E-state index contributed by atoms with van der Waals surface area (Å²) in [5.74, 6) is -0.00439. The highest BCUT2D eigenvalue weighted by Crippen LogP contribution is 2.35. The summed E-state index contributed by atoms with van der Waals surface area (Å²) >= 11 is 0. The first-order valence-corrected chi connectivity index (χ1v) is 9.45. The van der Waals surface area contributed by atoms with Crippen molar-refractivity contribution < 1.29 is 19.4 Å². The Labute approximate surface area is 154 Å². The van der Waals surface area contributed by atoms with Gasteiger partial charge in [0.05, 0.1) is 30.4 Å². The van der Waals surface area contributed by atoms with Gasteiger partial charge in [-0.1, -0.05) is 13.0 Å². The third-order valence-electron chi connectivity index (χ3n) is 5.02. The van der Waals surface area contributed by atoms with Crippen LogP contribution in [0.15, 0.2) is 18.3 Å². The lowest BCUT2D eigenvalue weighted by molar-refractivity contribution is -0.124. The number of amides is 1. The molecule has 3 rings (SSSR count). The zero-order chi connectivity index (χ0) is 18.5. The molecular formula is C19H29N3O4. The minimum Gasteiger partial charge on any atom is -0.388 e. The number of aliphatic hydroxyl groups is 1. The van der Waals surface area contributed by atoms with E-state index in [1.54, 1.807) is 6.20 Å². The second-order valence-electron chi connectivity index (χ2n) is 7.11. The molecule has 0 radical (unpaired) electrons. The number of nitrogens with one attached hydrogen (secondary N) is 2. The van der Waals surface area contributed by atoms with Crippen molar-refractivity contribution in [2.75, 3.05) is 13.1 Å². The number of aromatic nitrogens is 1. The maximum Gasteiger partial charge on any atom is 0.222 e. The Bertz CT molecular complexity index is 612. The number of nitrogens with zero attached hydrogens (tertiary/aromatic N) is 1. The fourth-order valence-electron chi connectivity index (χ4n) is 3.59. The molecule has 0 spiro atoms. The van der Waals surface area contributed by atoms with E-state index in [1.165, 1.54) is 0 Å². The van der Waals surface area contributed by atoms with Crippen LogP contribution in [-0.4, -0.2) is 59.6 Å². The summed E-state index contributed by atoms with van der Waals surface area (Å²) in [6, 6.07) is 3.94. The smallest absolute Gasteiger partial charge is 0.222 e. The van der Waals surface area contributed by atoms with E-state index < -0.39 is 6.10 Å². The lowest BCUT2D eigenvalue weighted by atomic mass is 10.1. The van der Waals surface area contributed by atoms with Gasteiger partial charge in [0.2, 0.25) is 5.91 Å². The summed E-state index contributed by atoms with van der Waals surface area (Å²) in [4.78, 5) is 16.2. The van der Waals surface area contributed by atoms with Crippen LogP contribution in [0.4, 0.5) is 0 Å². The number of carbonyl (C=O) groups excluding carboxylic acids is 1. The van der Waals surface area contributed by atoms with Gasteiger partial charge < -0.3 is 25.2 Å². The molecule has 0 saturated carbocycles. The first-order valence-electron chi connectivity index (χ1n) is 9.45. The van der Waals surface area contributed by atoms with Crippen LogP contribution in [0.2, 0.25) is 0 Å². The van der Waals surface area contributed by atoms with Gasteiger partial charge in [-0.2, -0.15) is 0 Å². The second kappa shape index (κ2) is 8.90. The number of pyridine rings is 1. The first kappa shape index (κ1) is 19.2. The summed E-state index contributed by atoms with van der Waals surface area (Å²) in [5.41, 5.74) is 2.13. The van der Waals surface area contributed by atoms with Crippen molar-refractivity contribution in [2.45, 2.75) is 70.2 Å². The molecule has 7 heteroatoms. The molecule has 0 unspecified atom stereocenters. The van der Waals surface area contributed by atoms with Crippen molar-refractivity contribution in [1.29, 1.82) is 0 Å². The molecule has 2 fully saturated rings. The first-order chi connectivity index (χ1) is 12.6. The average Bonchev–Trinajstić information content (AvgIpc) is 3.14. The van der Waals surface area contributed by atoms with Crippen molar-refractivity contribution in [3.8, 4) is 0 Å². The van der Waals surface area contributed by atoms with Gasteiger partial charge in [0.15, 0.2) is 0 Å². The normalized spacial score (nSPS) is 30.3. The Hall–Kier alpha value is -1.54. The molecule has 0 bridgehead atoms. The zero-order valence-corrected chi connectivity index (χ0v) is 15.5. The number of hydrogen-bond donors (Lipinski definition) is 3. The fourth-order valence-corrected chi connectivity index (χ4v) is 3.59. The van der Waals surface area contributed by atoms with Gasteiger partial charge in [-0.15, -0.1) is 0 Å². The third-order valence-corrected chi connectivity index (χ3v) is 5.02. The van der Waals surface area contributed by atoms with Crippen molar-refractivity contribution in [1.82, 2.24) is 15.6 Å². The number of fused-ring (bicyclic) bond motifs is 1. The largest absolute Gasteiger partial charge is 0.388 e. The average molecular weight is 363 g/mol. The van der Waals surface area contributed by atoms with Crippen LogP contribution >= 0.6 is 0 Å². The Morgan fingerprint density at radius 1 is 1.42 bits per heavy atom. The molecule has 3 heterocycles. The maximum absolute atomic E-state index is 11.8. The number of carbonyl (C=O) groups is 1. The molecule has 144 valence electrons. The third kappa shape index (κ3) is 4.59. The molecule has 2 aliphatic rings. The van der Waals surface area contributed by atoms with Crippen LogP contribution < -0.4 is 10.6 Å². The molecular weight excluding hydrogens is 334 g/mol. The summed E-state index contributed by atoms with van der Waals surface area (Å²) in [5, 5.41) is 16.7. The molecule has 7 nitrogen and oxygen atoms in total. The fraction of sp³-hybridized carbons (Fsp3) is 0.684. The molecule has 2 aliphatic heterocycles. The maximum atomic E-state index is 11.8. The van der Waals surface area contributed by atoms with Gasteiger partial charge in [0.25, 0.3) is 0 Å². The number of ether oxygens (including phenoxy) is 2. The molecule has 26 heavy (non-hydrogen) atoms. The standard InChI is InChI=1S/C19H29N3O4/c1-3-6-22-17(23)9-13-8-15-19(25-13)18(24)16(26-15)11-20-10-14-12(2)5-4-7-21-14/h4-5,7,13,15-16,18-20,24H,3,6,8-11H2,1-2H3,(H,22,23)/t13-,15+,16+,18+,19-/m0/s1. The minimum atomic E-state index is -0.680. The lowest BCUT2D eigenvalue weighted by Crippen LogP contribution is -2.39.